The molecular formula is C16H24N2O2. The zero-order valence-corrected chi connectivity index (χ0v) is 12.5. The number of carbonyl (C=O) groups is 1. The van der Waals surface area contributed by atoms with Crippen molar-refractivity contribution in [2.75, 3.05) is 17.2 Å². The van der Waals surface area contributed by atoms with Gasteiger partial charge in [-0.3, -0.25) is 5.32 Å². The summed E-state index contributed by atoms with van der Waals surface area (Å²) in [6.07, 6.45) is 3.62. The fourth-order valence-electron chi connectivity index (χ4n) is 2.05. The van der Waals surface area contributed by atoms with Crippen molar-refractivity contribution in [3.05, 3.63) is 24.3 Å². The topological polar surface area (TPSA) is 50.4 Å². The number of anilines is 2. The first kappa shape index (κ1) is 14.7. The van der Waals surface area contributed by atoms with Gasteiger partial charge in [-0.2, -0.15) is 0 Å². The zero-order chi connectivity index (χ0) is 14.6. The van der Waals surface area contributed by atoms with Crippen LogP contribution in [-0.4, -0.2) is 18.2 Å². The maximum absolute atomic E-state index is 11.6. The third kappa shape index (κ3) is 4.76. The zero-order valence-electron chi connectivity index (χ0n) is 12.5. The van der Waals surface area contributed by atoms with Crippen LogP contribution in [0.2, 0.25) is 0 Å². The molecule has 0 heterocycles. The van der Waals surface area contributed by atoms with Crippen LogP contribution in [0.3, 0.4) is 0 Å². The van der Waals surface area contributed by atoms with Crippen LogP contribution in [0.25, 0.3) is 0 Å². The third-order valence-corrected chi connectivity index (χ3v) is 3.35. The lowest BCUT2D eigenvalue weighted by molar-refractivity contribution is 0.0636. The molecule has 1 aliphatic rings. The van der Waals surface area contributed by atoms with Crippen molar-refractivity contribution >= 4 is 17.5 Å². The quantitative estimate of drug-likeness (QED) is 0.864. The van der Waals surface area contributed by atoms with E-state index in [4.69, 9.17) is 4.74 Å². The van der Waals surface area contributed by atoms with Crippen LogP contribution >= 0.6 is 0 Å². The lowest BCUT2D eigenvalue weighted by Crippen LogP contribution is -2.27. The molecule has 0 aromatic heterocycles. The van der Waals surface area contributed by atoms with Gasteiger partial charge in [0.15, 0.2) is 0 Å². The summed E-state index contributed by atoms with van der Waals surface area (Å²) in [5, 5.41) is 6.15. The van der Waals surface area contributed by atoms with Gasteiger partial charge in [-0.25, -0.2) is 4.79 Å². The molecule has 20 heavy (non-hydrogen) atoms. The van der Waals surface area contributed by atoms with E-state index in [1.165, 1.54) is 19.3 Å². The van der Waals surface area contributed by atoms with Crippen molar-refractivity contribution in [3.63, 3.8) is 0 Å². The Hall–Kier alpha value is -1.71. The van der Waals surface area contributed by atoms with E-state index in [9.17, 15) is 4.79 Å². The Labute approximate surface area is 120 Å². The predicted molar refractivity (Wildman–Crippen MR) is 82.1 cm³/mol. The van der Waals surface area contributed by atoms with Crippen LogP contribution in [0.5, 0.6) is 0 Å². The minimum absolute atomic E-state index is 0.423. The SMILES string of the molecule is CC(C)(C)OC(=O)Nc1ccc(NCC2CCC2)cc1. The monoisotopic (exact) mass is 276 g/mol. The first-order chi connectivity index (χ1) is 9.42. The van der Waals surface area contributed by atoms with E-state index >= 15 is 0 Å². The summed E-state index contributed by atoms with van der Waals surface area (Å²) in [5.74, 6) is 0.828. The predicted octanol–water partition coefficient (Wildman–Crippen LogP) is 4.25. The first-order valence-corrected chi connectivity index (χ1v) is 7.26. The first-order valence-electron chi connectivity index (χ1n) is 7.26. The lowest BCUT2D eigenvalue weighted by Gasteiger charge is -2.25. The Morgan fingerprint density at radius 3 is 2.30 bits per heavy atom. The second-order valence-corrected chi connectivity index (χ2v) is 6.38. The van der Waals surface area contributed by atoms with Crippen molar-refractivity contribution in [1.82, 2.24) is 0 Å². The highest BCUT2D eigenvalue weighted by molar-refractivity contribution is 5.85. The highest BCUT2D eigenvalue weighted by Crippen LogP contribution is 2.26. The molecule has 1 amide bonds. The fraction of sp³-hybridized carbons (Fsp3) is 0.562. The highest BCUT2D eigenvalue weighted by Gasteiger charge is 2.17. The summed E-state index contributed by atoms with van der Waals surface area (Å²) in [6, 6.07) is 7.72. The van der Waals surface area contributed by atoms with Crippen LogP contribution in [0, 0.1) is 5.92 Å². The van der Waals surface area contributed by atoms with Crippen molar-refractivity contribution in [2.45, 2.75) is 45.6 Å². The van der Waals surface area contributed by atoms with Gasteiger partial charge in [-0.1, -0.05) is 6.42 Å². The van der Waals surface area contributed by atoms with Gasteiger partial charge in [-0.05, 0) is 63.8 Å². The van der Waals surface area contributed by atoms with Crippen molar-refractivity contribution in [2.24, 2.45) is 5.92 Å². The minimum atomic E-state index is -0.478. The van der Waals surface area contributed by atoms with Gasteiger partial charge < -0.3 is 10.1 Å². The number of ether oxygens (including phenoxy) is 1. The van der Waals surface area contributed by atoms with Crippen LogP contribution in [0.4, 0.5) is 16.2 Å². The molecular weight excluding hydrogens is 252 g/mol. The van der Waals surface area contributed by atoms with Gasteiger partial charge in [0, 0.05) is 17.9 Å². The normalized spacial score (nSPS) is 15.3. The highest BCUT2D eigenvalue weighted by atomic mass is 16.6. The number of carbonyl (C=O) groups excluding carboxylic acids is 1. The van der Waals surface area contributed by atoms with Crippen LogP contribution in [0.15, 0.2) is 24.3 Å². The molecule has 0 aliphatic heterocycles. The number of hydrogen-bond acceptors (Lipinski definition) is 3. The maximum atomic E-state index is 11.6. The smallest absolute Gasteiger partial charge is 0.412 e. The Morgan fingerprint density at radius 2 is 1.80 bits per heavy atom. The molecule has 4 nitrogen and oxygen atoms in total. The fourth-order valence-corrected chi connectivity index (χ4v) is 2.05. The summed E-state index contributed by atoms with van der Waals surface area (Å²) in [4.78, 5) is 11.6. The van der Waals surface area contributed by atoms with Gasteiger partial charge in [0.05, 0.1) is 0 Å². The van der Waals surface area contributed by atoms with Gasteiger partial charge in [0.1, 0.15) is 5.60 Å². The van der Waals surface area contributed by atoms with E-state index in [0.717, 1.165) is 23.8 Å². The van der Waals surface area contributed by atoms with Crippen LogP contribution < -0.4 is 10.6 Å². The average Bonchev–Trinajstić information content (AvgIpc) is 2.26. The number of hydrogen-bond donors (Lipinski definition) is 2. The molecule has 2 rings (SSSR count). The molecule has 0 spiro atoms. The summed E-state index contributed by atoms with van der Waals surface area (Å²) in [6.45, 7) is 6.58. The Balaban J connectivity index is 1.79. The van der Waals surface area contributed by atoms with Crippen molar-refractivity contribution in [1.29, 1.82) is 0 Å². The van der Waals surface area contributed by atoms with Crippen molar-refractivity contribution < 1.29 is 9.53 Å². The summed E-state index contributed by atoms with van der Waals surface area (Å²) >= 11 is 0. The van der Waals surface area contributed by atoms with E-state index in [-0.39, 0.29) is 0 Å². The molecule has 1 aliphatic carbocycles. The number of amides is 1. The van der Waals surface area contributed by atoms with Gasteiger partial charge in [0.25, 0.3) is 0 Å². The average molecular weight is 276 g/mol. The molecule has 0 radical (unpaired) electrons. The summed E-state index contributed by atoms with van der Waals surface area (Å²) < 4.78 is 5.21. The lowest BCUT2D eigenvalue weighted by atomic mass is 9.85. The summed E-state index contributed by atoms with van der Waals surface area (Å²) in [5.41, 5.74) is 1.36. The number of rotatable bonds is 4. The van der Waals surface area contributed by atoms with E-state index < -0.39 is 11.7 Å². The molecule has 0 bridgehead atoms. The van der Waals surface area contributed by atoms with E-state index in [2.05, 4.69) is 10.6 Å². The van der Waals surface area contributed by atoms with Crippen LogP contribution in [-0.2, 0) is 4.74 Å². The van der Waals surface area contributed by atoms with E-state index in [1.54, 1.807) is 0 Å². The van der Waals surface area contributed by atoms with E-state index in [1.807, 2.05) is 45.0 Å². The molecule has 1 aromatic rings. The van der Waals surface area contributed by atoms with Gasteiger partial charge >= 0.3 is 6.09 Å². The molecule has 4 heteroatoms. The Kier molecular flexibility index (Phi) is 4.53. The molecule has 0 unspecified atom stereocenters. The van der Waals surface area contributed by atoms with Gasteiger partial charge in [0.2, 0.25) is 0 Å². The van der Waals surface area contributed by atoms with Gasteiger partial charge in [-0.15, -0.1) is 0 Å². The second-order valence-electron chi connectivity index (χ2n) is 6.38. The molecule has 1 aromatic carbocycles. The minimum Gasteiger partial charge on any atom is -0.444 e. The molecule has 0 atom stereocenters. The molecule has 110 valence electrons. The summed E-state index contributed by atoms with van der Waals surface area (Å²) in [7, 11) is 0. The maximum Gasteiger partial charge on any atom is 0.412 e. The Bertz CT molecular complexity index is 445. The largest absolute Gasteiger partial charge is 0.444 e. The van der Waals surface area contributed by atoms with E-state index in [0.29, 0.717) is 0 Å². The second kappa shape index (κ2) is 6.16. The molecule has 1 fully saturated rings. The molecule has 0 saturated heterocycles. The molecule has 1 saturated carbocycles. The third-order valence-electron chi connectivity index (χ3n) is 3.35. The Morgan fingerprint density at radius 1 is 1.20 bits per heavy atom. The standard InChI is InChI=1S/C16H24N2O2/c1-16(2,3)20-15(19)18-14-9-7-13(8-10-14)17-11-12-5-4-6-12/h7-10,12,17H,4-6,11H2,1-3H3,(H,18,19). The number of nitrogens with one attached hydrogen (secondary N) is 2. The van der Waals surface area contributed by atoms with Crippen molar-refractivity contribution in [3.8, 4) is 0 Å². The number of benzene rings is 1. The van der Waals surface area contributed by atoms with Crippen LogP contribution in [0.1, 0.15) is 40.0 Å². The molecule has 2 N–H and O–H groups in total.